The van der Waals surface area contributed by atoms with Crippen molar-refractivity contribution in [1.82, 2.24) is 4.72 Å². The number of hydrogen-bond acceptors (Lipinski definition) is 6. The molecule has 0 saturated heterocycles. The minimum absolute atomic E-state index is 0.102. The number of hydrogen-bond donors (Lipinski definition) is 3. The van der Waals surface area contributed by atoms with E-state index in [1.54, 1.807) is 20.8 Å². The Morgan fingerprint density at radius 2 is 1.71 bits per heavy atom. The Labute approximate surface area is 196 Å². The second-order valence-corrected chi connectivity index (χ2v) is 9.92. The normalized spacial score (nSPS) is 11.7. The SMILES string of the molecule is COc1ccc(NC(=O)c2ccc(S(=O)(=O)NC(C)(C)C)o2)cc1NC(=O)c1cccc(F)c1. The van der Waals surface area contributed by atoms with Crippen LogP contribution >= 0.6 is 0 Å². The van der Waals surface area contributed by atoms with Crippen LogP contribution in [0.3, 0.4) is 0 Å². The molecule has 0 fully saturated rings. The van der Waals surface area contributed by atoms with Gasteiger partial charge < -0.3 is 19.8 Å². The van der Waals surface area contributed by atoms with E-state index in [-0.39, 0.29) is 22.7 Å². The molecule has 3 N–H and O–H groups in total. The molecule has 0 spiro atoms. The van der Waals surface area contributed by atoms with Gasteiger partial charge in [0.15, 0.2) is 5.76 Å². The van der Waals surface area contributed by atoms with Crippen molar-refractivity contribution in [2.24, 2.45) is 0 Å². The van der Waals surface area contributed by atoms with Crippen LogP contribution in [0.25, 0.3) is 0 Å². The Morgan fingerprint density at radius 1 is 0.971 bits per heavy atom. The van der Waals surface area contributed by atoms with Crippen LogP contribution in [0.15, 0.2) is 64.1 Å². The van der Waals surface area contributed by atoms with Crippen molar-refractivity contribution >= 4 is 33.2 Å². The number of amides is 2. The summed E-state index contributed by atoms with van der Waals surface area (Å²) in [5.41, 5.74) is -0.131. The molecule has 1 heterocycles. The first-order chi connectivity index (χ1) is 15.9. The smallest absolute Gasteiger partial charge is 0.291 e. The van der Waals surface area contributed by atoms with Gasteiger partial charge in [0.1, 0.15) is 11.6 Å². The predicted molar refractivity (Wildman–Crippen MR) is 124 cm³/mol. The van der Waals surface area contributed by atoms with Gasteiger partial charge in [-0.3, -0.25) is 9.59 Å². The summed E-state index contributed by atoms with van der Waals surface area (Å²) in [7, 11) is -2.54. The minimum Gasteiger partial charge on any atom is -0.495 e. The van der Waals surface area contributed by atoms with Crippen LogP contribution in [0.5, 0.6) is 5.75 Å². The molecule has 0 aliphatic carbocycles. The molecule has 2 amide bonds. The van der Waals surface area contributed by atoms with Crippen molar-refractivity contribution in [2.45, 2.75) is 31.4 Å². The average Bonchev–Trinajstić information content (AvgIpc) is 3.24. The van der Waals surface area contributed by atoms with E-state index in [2.05, 4.69) is 15.4 Å². The Morgan fingerprint density at radius 3 is 2.35 bits per heavy atom. The third-order valence-corrected chi connectivity index (χ3v) is 5.93. The molecule has 2 aromatic carbocycles. The highest BCUT2D eigenvalue weighted by atomic mass is 32.2. The summed E-state index contributed by atoms with van der Waals surface area (Å²) < 4.78 is 51.1. The molecule has 9 nitrogen and oxygen atoms in total. The molecule has 0 saturated carbocycles. The molecular weight excluding hydrogens is 465 g/mol. The second kappa shape index (κ2) is 9.65. The highest BCUT2D eigenvalue weighted by Gasteiger charge is 2.26. The summed E-state index contributed by atoms with van der Waals surface area (Å²) in [5.74, 6) is -1.76. The lowest BCUT2D eigenvalue weighted by Crippen LogP contribution is -2.40. The number of sulfonamides is 1. The van der Waals surface area contributed by atoms with Crippen LogP contribution in [0.1, 0.15) is 41.7 Å². The topological polar surface area (TPSA) is 127 Å². The molecule has 3 aromatic rings. The maximum atomic E-state index is 13.4. The molecule has 0 aliphatic rings. The second-order valence-electron chi connectivity index (χ2n) is 8.31. The number of anilines is 2. The molecular formula is C23H24FN3O6S. The lowest BCUT2D eigenvalue weighted by Gasteiger charge is -2.18. The molecule has 1 aromatic heterocycles. The number of methoxy groups -OCH3 is 1. The maximum Gasteiger partial charge on any atom is 0.291 e. The van der Waals surface area contributed by atoms with Crippen LogP contribution in [0.4, 0.5) is 15.8 Å². The van der Waals surface area contributed by atoms with Crippen LogP contribution in [0, 0.1) is 5.82 Å². The Kier molecular flexibility index (Phi) is 7.08. The summed E-state index contributed by atoms with van der Waals surface area (Å²) in [6.07, 6.45) is 0. The number of carbonyl (C=O) groups excluding carboxylic acids is 2. The fourth-order valence-corrected chi connectivity index (χ4v) is 4.29. The molecule has 180 valence electrons. The van der Waals surface area contributed by atoms with Gasteiger partial charge in [-0.1, -0.05) is 6.07 Å². The van der Waals surface area contributed by atoms with E-state index in [0.29, 0.717) is 5.75 Å². The highest BCUT2D eigenvalue weighted by molar-refractivity contribution is 7.89. The summed E-state index contributed by atoms with van der Waals surface area (Å²) in [5, 5.41) is 4.78. The Hall–Kier alpha value is -3.70. The summed E-state index contributed by atoms with van der Waals surface area (Å²) in [4.78, 5) is 25.1. The quantitative estimate of drug-likeness (QED) is 0.460. The molecule has 0 radical (unpaired) electrons. The molecule has 0 aliphatic heterocycles. The molecule has 34 heavy (non-hydrogen) atoms. The van der Waals surface area contributed by atoms with Gasteiger partial charge in [-0.2, -0.15) is 0 Å². The van der Waals surface area contributed by atoms with Gasteiger partial charge in [-0.15, -0.1) is 0 Å². The lowest BCUT2D eigenvalue weighted by atomic mass is 10.1. The number of halogens is 1. The molecule has 11 heteroatoms. The summed E-state index contributed by atoms with van der Waals surface area (Å²) in [6, 6.07) is 12.1. The average molecular weight is 490 g/mol. The number of furan rings is 1. The van der Waals surface area contributed by atoms with E-state index < -0.39 is 38.3 Å². The van der Waals surface area contributed by atoms with Crippen molar-refractivity contribution in [3.63, 3.8) is 0 Å². The van der Waals surface area contributed by atoms with Crippen molar-refractivity contribution < 1.29 is 31.6 Å². The Bertz CT molecular complexity index is 1330. The largest absolute Gasteiger partial charge is 0.495 e. The van der Waals surface area contributed by atoms with E-state index in [1.165, 1.54) is 55.6 Å². The van der Waals surface area contributed by atoms with Crippen LogP contribution in [-0.2, 0) is 10.0 Å². The first-order valence-electron chi connectivity index (χ1n) is 10.1. The van der Waals surface area contributed by atoms with E-state index in [1.807, 2.05) is 0 Å². The van der Waals surface area contributed by atoms with Gasteiger partial charge in [0.25, 0.3) is 21.8 Å². The third-order valence-electron chi connectivity index (χ3n) is 4.30. The Balaban J connectivity index is 1.78. The van der Waals surface area contributed by atoms with Crippen molar-refractivity contribution in [3.8, 4) is 5.75 Å². The molecule has 0 bridgehead atoms. The van der Waals surface area contributed by atoms with Gasteiger partial charge in [0.2, 0.25) is 5.09 Å². The van der Waals surface area contributed by atoms with E-state index in [9.17, 15) is 22.4 Å². The van der Waals surface area contributed by atoms with Gasteiger partial charge >= 0.3 is 0 Å². The van der Waals surface area contributed by atoms with Crippen LogP contribution in [-0.4, -0.2) is 32.9 Å². The minimum atomic E-state index is -3.95. The van der Waals surface area contributed by atoms with Gasteiger partial charge in [0, 0.05) is 16.8 Å². The number of rotatable bonds is 7. The summed E-state index contributed by atoms with van der Waals surface area (Å²) >= 11 is 0. The molecule has 0 atom stereocenters. The fourth-order valence-electron chi connectivity index (χ4n) is 2.94. The zero-order valence-corrected chi connectivity index (χ0v) is 19.7. The monoisotopic (exact) mass is 489 g/mol. The molecule has 0 unspecified atom stereocenters. The fraction of sp³-hybridized carbons (Fsp3) is 0.217. The van der Waals surface area contributed by atoms with Crippen LogP contribution in [0.2, 0.25) is 0 Å². The predicted octanol–water partition coefficient (Wildman–Crippen LogP) is 4.01. The van der Waals surface area contributed by atoms with Gasteiger partial charge in [-0.05, 0) is 69.3 Å². The maximum absolute atomic E-state index is 13.4. The number of nitrogens with one attached hydrogen (secondary N) is 3. The lowest BCUT2D eigenvalue weighted by molar-refractivity contribution is 0.0990. The van der Waals surface area contributed by atoms with Crippen molar-refractivity contribution in [3.05, 3.63) is 71.7 Å². The van der Waals surface area contributed by atoms with Crippen LogP contribution < -0.4 is 20.1 Å². The standard InChI is InChI=1S/C23H24FN3O6S/c1-23(2,3)27-34(30,31)20-11-10-19(33-20)22(29)25-16-8-9-18(32-4)17(13-16)26-21(28)14-6-5-7-15(24)12-14/h5-13,27H,1-4H3,(H,25,29)(H,26,28). The van der Waals surface area contributed by atoms with Crippen molar-refractivity contribution in [1.29, 1.82) is 0 Å². The molecule has 3 rings (SSSR count). The number of benzene rings is 2. The zero-order chi connectivity index (χ0) is 25.1. The zero-order valence-electron chi connectivity index (χ0n) is 18.9. The first kappa shape index (κ1) is 24.9. The van der Waals surface area contributed by atoms with Crippen molar-refractivity contribution in [2.75, 3.05) is 17.7 Å². The first-order valence-corrected chi connectivity index (χ1v) is 11.6. The van der Waals surface area contributed by atoms with E-state index in [0.717, 1.165) is 6.07 Å². The third kappa shape index (κ3) is 6.21. The summed E-state index contributed by atoms with van der Waals surface area (Å²) in [6.45, 7) is 5.03. The number of carbonyl (C=O) groups is 2. The van der Waals surface area contributed by atoms with E-state index >= 15 is 0 Å². The number of ether oxygens (including phenoxy) is 1. The highest BCUT2D eigenvalue weighted by Crippen LogP contribution is 2.29. The van der Waals surface area contributed by atoms with Gasteiger partial charge in [0.05, 0.1) is 12.8 Å². The van der Waals surface area contributed by atoms with E-state index in [4.69, 9.17) is 9.15 Å². The van der Waals surface area contributed by atoms with Gasteiger partial charge in [-0.25, -0.2) is 17.5 Å².